The van der Waals surface area contributed by atoms with Gasteiger partial charge in [-0.1, -0.05) is 31.4 Å². The fourth-order valence-electron chi connectivity index (χ4n) is 2.62. The van der Waals surface area contributed by atoms with Crippen LogP contribution < -0.4 is 0 Å². The number of nitro groups is 1. The zero-order valence-electron chi connectivity index (χ0n) is 11.5. The summed E-state index contributed by atoms with van der Waals surface area (Å²) in [5.41, 5.74) is -0.379. The third-order valence-electron chi connectivity index (χ3n) is 3.64. The molecule has 0 heterocycles. The first-order valence-electron chi connectivity index (χ1n) is 6.76. The van der Waals surface area contributed by atoms with Gasteiger partial charge >= 0.3 is 5.97 Å². The zero-order valence-corrected chi connectivity index (χ0v) is 13.1. The van der Waals surface area contributed by atoms with Crippen LogP contribution in [0.1, 0.15) is 43.0 Å². The molecular formula is C14H16ClNO4S. The van der Waals surface area contributed by atoms with Crippen LogP contribution in [0.5, 0.6) is 0 Å². The molecule has 114 valence electrons. The van der Waals surface area contributed by atoms with E-state index in [0.29, 0.717) is 16.1 Å². The third-order valence-corrected chi connectivity index (χ3v) is 5.49. The Kier molecular flexibility index (Phi) is 5.11. The summed E-state index contributed by atoms with van der Waals surface area (Å²) in [4.78, 5) is 22.0. The monoisotopic (exact) mass is 329 g/mol. The van der Waals surface area contributed by atoms with Crippen molar-refractivity contribution in [3.05, 3.63) is 32.8 Å². The Balaban J connectivity index is 2.33. The van der Waals surface area contributed by atoms with E-state index in [0.717, 1.165) is 25.3 Å². The lowest BCUT2D eigenvalue weighted by atomic mass is 9.91. The molecule has 1 aliphatic rings. The molecule has 1 aromatic rings. The van der Waals surface area contributed by atoms with E-state index in [9.17, 15) is 20.0 Å². The summed E-state index contributed by atoms with van der Waals surface area (Å²) >= 11 is 7.52. The highest BCUT2D eigenvalue weighted by atomic mass is 35.5. The van der Waals surface area contributed by atoms with Crippen molar-refractivity contribution in [1.29, 1.82) is 0 Å². The molecule has 1 aliphatic carbocycles. The molecule has 2 atom stereocenters. The minimum Gasteiger partial charge on any atom is -0.478 e. The summed E-state index contributed by atoms with van der Waals surface area (Å²) in [6.45, 7) is 2.18. The molecule has 0 aromatic heterocycles. The number of nitrogens with zero attached hydrogens (tertiary/aromatic N) is 1. The van der Waals surface area contributed by atoms with Gasteiger partial charge in [-0.3, -0.25) is 10.1 Å². The zero-order chi connectivity index (χ0) is 15.6. The molecule has 0 amide bonds. The molecule has 1 aromatic carbocycles. The highest BCUT2D eigenvalue weighted by Crippen LogP contribution is 2.41. The summed E-state index contributed by atoms with van der Waals surface area (Å²) in [5, 5.41) is 20.6. The predicted octanol–water partition coefficient (Wildman–Crippen LogP) is 4.62. The fraction of sp³-hybridized carbons (Fsp3) is 0.500. The number of hydrogen-bond donors (Lipinski definition) is 1. The molecule has 0 saturated heterocycles. The van der Waals surface area contributed by atoms with Crippen molar-refractivity contribution < 1.29 is 14.8 Å². The van der Waals surface area contributed by atoms with Gasteiger partial charge in [0.1, 0.15) is 0 Å². The van der Waals surface area contributed by atoms with E-state index in [4.69, 9.17) is 11.6 Å². The molecule has 7 heteroatoms. The molecule has 0 radical (unpaired) electrons. The van der Waals surface area contributed by atoms with E-state index in [-0.39, 0.29) is 16.3 Å². The number of rotatable bonds is 4. The van der Waals surface area contributed by atoms with Crippen molar-refractivity contribution in [2.24, 2.45) is 5.92 Å². The lowest BCUT2D eigenvalue weighted by Crippen LogP contribution is -2.15. The van der Waals surface area contributed by atoms with Gasteiger partial charge in [0.2, 0.25) is 0 Å². The number of non-ortho nitro benzene ring substituents is 1. The molecule has 21 heavy (non-hydrogen) atoms. The number of nitro benzene ring substituents is 1. The molecule has 0 bridgehead atoms. The van der Waals surface area contributed by atoms with Crippen molar-refractivity contribution in [2.45, 2.75) is 42.8 Å². The predicted molar refractivity (Wildman–Crippen MR) is 82.3 cm³/mol. The molecule has 1 N–H and O–H groups in total. The molecule has 1 fully saturated rings. The molecule has 5 nitrogen and oxygen atoms in total. The van der Waals surface area contributed by atoms with Crippen LogP contribution in [-0.2, 0) is 0 Å². The van der Waals surface area contributed by atoms with Crippen molar-refractivity contribution in [1.82, 2.24) is 0 Å². The van der Waals surface area contributed by atoms with Crippen LogP contribution in [0.15, 0.2) is 17.0 Å². The minimum atomic E-state index is -1.19. The van der Waals surface area contributed by atoms with Crippen LogP contribution in [0.4, 0.5) is 5.69 Å². The first kappa shape index (κ1) is 16.1. The van der Waals surface area contributed by atoms with E-state index in [2.05, 4.69) is 6.92 Å². The van der Waals surface area contributed by atoms with Gasteiger partial charge < -0.3 is 5.11 Å². The van der Waals surface area contributed by atoms with E-state index < -0.39 is 10.9 Å². The largest absolute Gasteiger partial charge is 0.478 e. The molecule has 0 aliphatic heterocycles. The molecular weight excluding hydrogens is 314 g/mol. The lowest BCUT2D eigenvalue weighted by Gasteiger charge is -2.26. The molecule has 0 spiro atoms. The number of aromatic carboxylic acids is 1. The second-order valence-electron chi connectivity index (χ2n) is 5.38. The van der Waals surface area contributed by atoms with Crippen LogP contribution in [0.2, 0.25) is 5.02 Å². The van der Waals surface area contributed by atoms with E-state index >= 15 is 0 Å². The van der Waals surface area contributed by atoms with Gasteiger partial charge in [0.25, 0.3) is 5.69 Å². The van der Waals surface area contributed by atoms with Gasteiger partial charge in [-0.05, 0) is 18.8 Å². The number of thioether (sulfide) groups is 1. The van der Waals surface area contributed by atoms with Gasteiger partial charge in [0.05, 0.1) is 15.5 Å². The second kappa shape index (κ2) is 6.66. The third kappa shape index (κ3) is 3.89. The minimum absolute atomic E-state index is 0.0857. The number of hydrogen-bond acceptors (Lipinski definition) is 4. The van der Waals surface area contributed by atoms with Crippen molar-refractivity contribution >= 4 is 35.0 Å². The number of carbonyl (C=O) groups is 1. The Morgan fingerprint density at radius 3 is 2.76 bits per heavy atom. The topological polar surface area (TPSA) is 80.4 Å². The Labute approximate surface area is 131 Å². The van der Waals surface area contributed by atoms with Gasteiger partial charge in [0, 0.05) is 22.3 Å². The Hall–Kier alpha value is -1.27. The van der Waals surface area contributed by atoms with Crippen LogP contribution in [0, 0.1) is 16.0 Å². The average molecular weight is 330 g/mol. The maximum Gasteiger partial charge on any atom is 0.337 e. The van der Waals surface area contributed by atoms with Crippen LogP contribution in [0.3, 0.4) is 0 Å². The van der Waals surface area contributed by atoms with Gasteiger partial charge in [-0.15, -0.1) is 11.8 Å². The van der Waals surface area contributed by atoms with Gasteiger partial charge in [-0.2, -0.15) is 0 Å². The number of halogens is 1. The van der Waals surface area contributed by atoms with Crippen LogP contribution in [0.25, 0.3) is 0 Å². The number of carboxylic acid groups (broad SMARTS) is 1. The number of carboxylic acids is 1. The average Bonchev–Trinajstić information content (AvgIpc) is 2.40. The first-order valence-corrected chi connectivity index (χ1v) is 8.02. The smallest absolute Gasteiger partial charge is 0.337 e. The highest BCUT2D eigenvalue weighted by Gasteiger charge is 2.25. The Morgan fingerprint density at radius 1 is 1.48 bits per heavy atom. The van der Waals surface area contributed by atoms with Crippen LogP contribution in [-0.4, -0.2) is 21.2 Å². The second-order valence-corrected chi connectivity index (χ2v) is 7.10. The van der Waals surface area contributed by atoms with Gasteiger partial charge in [0.15, 0.2) is 0 Å². The molecule has 1 saturated carbocycles. The van der Waals surface area contributed by atoms with Gasteiger partial charge in [-0.25, -0.2) is 4.79 Å². The summed E-state index contributed by atoms with van der Waals surface area (Å²) in [6, 6.07) is 2.31. The SMILES string of the molecule is CC1CCCC(Sc2c(Cl)cc([N+](=O)[O-])cc2C(=O)O)C1. The summed E-state index contributed by atoms with van der Waals surface area (Å²) in [5.74, 6) is -0.576. The van der Waals surface area contributed by atoms with Crippen molar-refractivity contribution in [3.8, 4) is 0 Å². The fourth-order valence-corrected chi connectivity index (χ4v) is 4.45. The summed E-state index contributed by atoms with van der Waals surface area (Å²) in [6.07, 6.45) is 4.33. The van der Waals surface area contributed by atoms with E-state index in [1.165, 1.54) is 24.2 Å². The van der Waals surface area contributed by atoms with E-state index in [1.807, 2.05) is 0 Å². The standard InChI is InChI=1S/C14H16ClNO4S/c1-8-3-2-4-10(5-8)21-13-11(14(17)18)6-9(16(19)20)7-12(13)15/h6-8,10H,2-5H2,1H3,(H,17,18). The van der Waals surface area contributed by atoms with Crippen molar-refractivity contribution in [3.63, 3.8) is 0 Å². The normalized spacial score (nSPS) is 22.0. The highest BCUT2D eigenvalue weighted by molar-refractivity contribution is 8.00. The van der Waals surface area contributed by atoms with E-state index in [1.54, 1.807) is 0 Å². The van der Waals surface area contributed by atoms with Crippen LogP contribution >= 0.6 is 23.4 Å². The quantitative estimate of drug-likeness (QED) is 0.644. The summed E-state index contributed by atoms with van der Waals surface area (Å²) in [7, 11) is 0. The molecule has 2 unspecified atom stereocenters. The first-order chi connectivity index (χ1) is 9.88. The maximum atomic E-state index is 11.4. The summed E-state index contributed by atoms with van der Waals surface area (Å²) < 4.78 is 0. The van der Waals surface area contributed by atoms with Crippen molar-refractivity contribution in [2.75, 3.05) is 0 Å². The number of benzene rings is 1. The lowest BCUT2D eigenvalue weighted by molar-refractivity contribution is -0.384. The Bertz CT molecular complexity index is 578. The Morgan fingerprint density at radius 2 is 2.19 bits per heavy atom. The maximum absolute atomic E-state index is 11.4. The molecule has 2 rings (SSSR count).